The Morgan fingerprint density at radius 3 is 2.76 bits per heavy atom. The smallest absolute Gasteiger partial charge is 0.143 e. The highest BCUT2D eigenvalue weighted by molar-refractivity contribution is 7.99. The molecule has 3 nitrogen and oxygen atoms in total. The topological polar surface area (TPSA) is 38.5 Å². The van der Waals surface area contributed by atoms with Gasteiger partial charge in [0.05, 0.1) is 12.3 Å². The zero-order valence-corrected chi connectivity index (χ0v) is 11.7. The van der Waals surface area contributed by atoms with Crippen LogP contribution in [0.5, 0.6) is 5.75 Å². The van der Waals surface area contributed by atoms with Gasteiger partial charge in [-0.1, -0.05) is 13.0 Å². The normalized spacial score (nSPS) is 10.8. The fourth-order valence-electron chi connectivity index (χ4n) is 1.33. The van der Waals surface area contributed by atoms with Crippen molar-refractivity contribution in [3.05, 3.63) is 18.2 Å². The fraction of sp³-hybridized carbons (Fsp3) is 0.538. The fourth-order valence-corrected chi connectivity index (χ4v) is 2.43. The van der Waals surface area contributed by atoms with Crippen molar-refractivity contribution in [3.63, 3.8) is 0 Å². The van der Waals surface area contributed by atoms with Crippen molar-refractivity contribution in [2.24, 2.45) is 0 Å². The molecule has 17 heavy (non-hydrogen) atoms. The van der Waals surface area contributed by atoms with E-state index in [1.807, 2.05) is 12.1 Å². The molecule has 1 aromatic carbocycles. The Morgan fingerprint density at radius 1 is 1.35 bits per heavy atom. The summed E-state index contributed by atoms with van der Waals surface area (Å²) in [5.74, 6) is 1.84. The molecule has 0 spiro atoms. The van der Waals surface area contributed by atoms with Crippen molar-refractivity contribution in [2.75, 3.05) is 38.7 Å². The predicted molar refractivity (Wildman–Crippen MR) is 75.9 cm³/mol. The minimum absolute atomic E-state index is 0.718. The van der Waals surface area contributed by atoms with Crippen LogP contribution in [0.3, 0.4) is 0 Å². The maximum absolute atomic E-state index is 6.08. The number of hydrogen-bond donors (Lipinski definition) is 1. The van der Waals surface area contributed by atoms with Crippen molar-refractivity contribution in [2.45, 2.75) is 18.2 Å². The first-order valence-electron chi connectivity index (χ1n) is 5.94. The highest BCUT2D eigenvalue weighted by atomic mass is 32.2. The number of para-hydroxylation sites is 1. The van der Waals surface area contributed by atoms with Gasteiger partial charge in [0.2, 0.25) is 0 Å². The van der Waals surface area contributed by atoms with Crippen LogP contribution in [-0.4, -0.2) is 37.9 Å². The molecule has 2 N–H and O–H groups in total. The number of thioether (sulfide) groups is 1. The molecule has 4 heteroatoms. The van der Waals surface area contributed by atoms with Crippen LogP contribution in [0.15, 0.2) is 23.1 Å². The van der Waals surface area contributed by atoms with Gasteiger partial charge in [0, 0.05) is 17.2 Å². The summed E-state index contributed by atoms with van der Waals surface area (Å²) in [6.45, 7) is 3.85. The largest absolute Gasteiger partial charge is 0.491 e. The van der Waals surface area contributed by atoms with Gasteiger partial charge >= 0.3 is 0 Å². The Kier molecular flexibility index (Phi) is 6.22. The number of nitrogens with zero attached hydrogens (tertiary/aromatic N) is 1. The van der Waals surface area contributed by atoms with Crippen molar-refractivity contribution >= 4 is 17.4 Å². The van der Waals surface area contributed by atoms with E-state index in [0.29, 0.717) is 0 Å². The van der Waals surface area contributed by atoms with Crippen LogP contribution < -0.4 is 10.5 Å². The van der Waals surface area contributed by atoms with Gasteiger partial charge in [-0.05, 0) is 32.6 Å². The number of hydrogen-bond acceptors (Lipinski definition) is 4. The zero-order chi connectivity index (χ0) is 12.7. The van der Waals surface area contributed by atoms with E-state index in [-0.39, 0.29) is 0 Å². The third kappa shape index (κ3) is 4.88. The third-order valence-corrected chi connectivity index (χ3v) is 3.34. The lowest BCUT2D eigenvalue weighted by Crippen LogP contribution is -2.14. The van der Waals surface area contributed by atoms with Crippen LogP contribution in [0, 0.1) is 0 Å². The van der Waals surface area contributed by atoms with Gasteiger partial charge in [-0.15, -0.1) is 11.8 Å². The number of benzene rings is 1. The van der Waals surface area contributed by atoms with Gasteiger partial charge in [-0.2, -0.15) is 0 Å². The number of rotatable bonds is 7. The average Bonchev–Trinajstić information content (AvgIpc) is 2.29. The Morgan fingerprint density at radius 2 is 2.12 bits per heavy atom. The second-order valence-electron chi connectivity index (χ2n) is 4.17. The van der Waals surface area contributed by atoms with E-state index in [9.17, 15) is 0 Å². The first-order valence-corrected chi connectivity index (χ1v) is 6.92. The Bertz CT molecular complexity index is 342. The lowest BCUT2D eigenvalue weighted by molar-refractivity contribution is 0.318. The lowest BCUT2D eigenvalue weighted by atomic mass is 10.3. The minimum Gasteiger partial charge on any atom is -0.491 e. The Balaban J connectivity index is 2.59. The van der Waals surface area contributed by atoms with Crippen LogP contribution in [0.2, 0.25) is 0 Å². The summed E-state index contributed by atoms with van der Waals surface area (Å²) in [6.07, 6.45) is 0.997. The summed E-state index contributed by atoms with van der Waals surface area (Å²) >= 11 is 1.78. The van der Waals surface area contributed by atoms with E-state index < -0.39 is 0 Å². The van der Waals surface area contributed by atoms with E-state index in [2.05, 4.69) is 32.0 Å². The van der Waals surface area contributed by atoms with Gasteiger partial charge in [0.1, 0.15) is 5.75 Å². The van der Waals surface area contributed by atoms with Crippen molar-refractivity contribution in [3.8, 4) is 5.75 Å². The molecule has 0 aliphatic carbocycles. The maximum Gasteiger partial charge on any atom is 0.143 e. The summed E-state index contributed by atoms with van der Waals surface area (Å²) in [5, 5.41) is 0. The van der Waals surface area contributed by atoms with Crippen LogP contribution in [0.1, 0.15) is 13.3 Å². The van der Waals surface area contributed by atoms with Crippen molar-refractivity contribution < 1.29 is 4.74 Å². The number of nitrogens with two attached hydrogens (primary N) is 1. The van der Waals surface area contributed by atoms with Crippen LogP contribution in [0.4, 0.5) is 5.69 Å². The molecule has 0 aliphatic rings. The molecule has 0 saturated heterocycles. The zero-order valence-electron chi connectivity index (χ0n) is 10.9. The molecule has 0 radical (unpaired) electrons. The molecule has 1 aromatic rings. The first kappa shape index (κ1) is 14.2. The molecule has 0 aromatic heterocycles. The summed E-state index contributed by atoms with van der Waals surface area (Å²) in [5.41, 5.74) is 6.85. The standard InChI is InChI=1S/C13H22N2OS/c1-4-9-16-11-6-5-7-12(13(11)14)17-10-8-15(2)3/h5-7H,4,8-10,14H2,1-3H3. The highest BCUT2D eigenvalue weighted by Gasteiger charge is 2.06. The lowest BCUT2D eigenvalue weighted by Gasteiger charge is -2.13. The molecule has 0 amide bonds. The molecular weight excluding hydrogens is 232 g/mol. The van der Waals surface area contributed by atoms with Crippen LogP contribution in [-0.2, 0) is 0 Å². The molecule has 0 aliphatic heterocycles. The maximum atomic E-state index is 6.08. The van der Waals surface area contributed by atoms with E-state index >= 15 is 0 Å². The van der Waals surface area contributed by atoms with E-state index in [0.717, 1.165) is 41.7 Å². The van der Waals surface area contributed by atoms with E-state index in [4.69, 9.17) is 10.5 Å². The predicted octanol–water partition coefficient (Wildman–Crippen LogP) is 2.71. The second-order valence-corrected chi connectivity index (χ2v) is 5.30. The van der Waals surface area contributed by atoms with Crippen molar-refractivity contribution in [1.29, 1.82) is 0 Å². The van der Waals surface area contributed by atoms with Gasteiger partial charge in [-0.25, -0.2) is 0 Å². The van der Waals surface area contributed by atoms with E-state index in [1.165, 1.54) is 0 Å². The van der Waals surface area contributed by atoms with Crippen molar-refractivity contribution in [1.82, 2.24) is 4.90 Å². The van der Waals surface area contributed by atoms with Gasteiger partial charge in [0.15, 0.2) is 0 Å². The molecular formula is C13H22N2OS. The first-order chi connectivity index (χ1) is 8.15. The molecule has 0 atom stereocenters. The summed E-state index contributed by atoms with van der Waals surface area (Å²) in [6, 6.07) is 5.98. The van der Waals surface area contributed by atoms with Gasteiger partial charge < -0.3 is 15.4 Å². The number of ether oxygens (including phenoxy) is 1. The van der Waals surface area contributed by atoms with Gasteiger partial charge in [-0.3, -0.25) is 0 Å². The SMILES string of the molecule is CCCOc1cccc(SCCN(C)C)c1N. The number of nitrogen functional groups attached to an aromatic ring is 1. The molecule has 0 fully saturated rings. The Labute approximate surface area is 108 Å². The minimum atomic E-state index is 0.718. The molecule has 0 bridgehead atoms. The highest BCUT2D eigenvalue weighted by Crippen LogP contribution is 2.32. The summed E-state index contributed by atoms with van der Waals surface area (Å²) in [4.78, 5) is 3.28. The second kappa shape index (κ2) is 7.45. The summed E-state index contributed by atoms with van der Waals surface area (Å²) < 4.78 is 5.61. The molecule has 0 heterocycles. The molecule has 96 valence electrons. The summed E-state index contributed by atoms with van der Waals surface area (Å²) in [7, 11) is 4.15. The Hall–Kier alpha value is -0.870. The molecule has 0 unspecified atom stereocenters. The third-order valence-electron chi connectivity index (χ3n) is 2.28. The van der Waals surface area contributed by atoms with Crippen LogP contribution >= 0.6 is 11.8 Å². The number of anilines is 1. The van der Waals surface area contributed by atoms with Gasteiger partial charge in [0.25, 0.3) is 0 Å². The quantitative estimate of drug-likeness (QED) is 0.600. The van der Waals surface area contributed by atoms with Crippen LogP contribution in [0.25, 0.3) is 0 Å². The molecule has 0 saturated carbocycles. The monoisotopic (exact) mass is 254 g/mol. The average molecular weight is 254 g/mol. The molecule has 1 rings (SSSR count). The van der Waals surface area contributed by atoms with E-state index in [1.54, 1.807) is 11.8 Å².